The maximum Gasteiger partial charge on any atom is 0.258 e. The van der Waals surface area contributed by atoms with Crippen LogP contribution in [0, 0.1) is 13.8 Å². The van der Waals surface area contributed by atoms with Gasteiger partial charge >= 0.3 is 0 Å². The van der Waals surface area contributed by atoms with Gasteiger partial charge in [0.05, 0.1) is 16.8 Å². The molecule has 1 N–H and O–H groups in total. The van der Waals surface area contributed by atoms with Gasteiger partial charge in [0.1, 0.15) is 0 Å². The molecule has 3 nitrogen and oxygen atoms in total. The first-order valence-corrected chi connectivity index (χ1v) is 9.70. The van der Waals surface area contributed by atoms with Gasteiger partial charge in [0.25, 0.3) is 5.56 Å². The van der Waals surface area contributed by atoms with Gasteiger partial charge in [-0.05, 0) is 26.0 Å². The van der Waals surface area contributed by atoms with Gasteiger partial charge in [0.2, 0.25) is 0 Å². The van der Waals surface area contributed by atoms with Crippen LogP contribution in [-0.2, 0) is 0 Å². The standard InChI is InChI=1S/C26H20N2O/c1-16-7-11-18(12-8-16)23-15-21-20-5-3-4-6-22(20)28-26(29)24(21)25(27-23)19-13-9-17(2)10-14-19/h3-15H,1-2H3,(H,28,29). The summed E-state index contributed by atoms with van der Waals surface area (Å²) in [5, 5.41) is 2.57. The molecule has 0 aliphatic rings. The molecule has 0 saturated heterocycles. The van der Waals surface area contributed by atoms with Crippen LogP contribution in [0.25, 0.3) is 44.2 Å². The average Bonchev–Trinajstić information content (AvgIpc) is 2.74. The molecule has 0 amide bonds. The molecule has 5 rings (SSSR count). The van der Waals surface area contributed by atoms with Crippen molar-refractivity contribution in [3.05, 3.63) is 100 Å². The van der Waals surface area contributed by atoms with Gasteiger partial charge in [-0.15, -0.1) is 0 Å². The van der Waals surface area contributed by atoms with Gasteiger partial charge < -0.3 is 4.98 Å². The van der Waals surface area contributed by atoms with E-state index in [9.17, 15) is 4.79 Å². The number of para-hydroxylation sites is 1. The zero-order valence-electron chi connectivity index (χ0n) is 16.4. The normalized spacial score (nSPS) is 11.2. The number of pyridine rings is 2. The molecule has 5 aromatic rings. The molecular formula is C26H20N2O. The summed E-state index contributed by atoms with van der Waals surface area (Å²) < 4.78 is 0. The largest absolute Gasteiger partial charge is 0.321 e. The van der Waals surface area contributed by atoms with E-state index in [1.165, 1.54) is 11.1 Å². The Hall–Kier alpha value is -3.72. The van der Waals surface area contributed by atoms with Gasteiger partial charge in [0, 0.05) is 27.4 Å². The minimum atomic E-state index is -0.114. The van der Waals surface area contributed by atoms with Gasteiger partial charge in [-0.3, -0.25) is 4.79 Å². The molecule has 0 unspecified atom stereocenters. The Kier molecular flexibility index (Phi) is 4.02. The lowest BCUT2D eigenvalue weighted by atomic mass is 9.98. The number of benzene rings is 3. The molecule has 3 heteroatoms. The molecule has 0 spiro atoms. The molecule has 0 radical (unpaired) electrons. The number of aromatic amines is 1. The van der Waals surface area contributed by atoms with Gasteiger partial charge in [0.15, 0.2) is 0 Å². The van der Waals surface area contributed by atoms with Crippen molar-refractivity contribution in [1.82, 2.24) is 9.97 Å². The van der Waals surface area contributed by atoms with Gasteiger partial charge in [-0.25, -0.2) is 4.98 Å². The molecule has 0 saturated carbocycles. The number of rotatable bonds is 2. The summed E-state index contributed by atoms with van der Waals surface area (Å²) in [5.41, 5.74) is 6.65. The fourth-order valence-corrected chi connectivity index (χ4v) is 3.79. The van der Waals surface area contributed by atoms with E-state index in [2.05, 4.69) is 55.2 Å². The molecule has 29 heavy (non-hydrogen) atoms. The topological polar surface area (TPSA) is 45.8 Å². The van der Waals surface area contributed by atoms with Crippen LogP contribution in [0.5, 0.6) is 0 Å². The summed E-state index contributed by atoms with van der Waals surface area (Å²) in [6.45, 7) is 4.13. The van der Waals surface area contributed by atoms with Gasteiger partial charge in [-0.1, -0.05) is 77.9 Å². The summed E-state index contributed by atoms with van der Waals surface area (Å²) in [5.74, 6) is 0. The van der Waals surface area contributed by atoms with Crippen LogP contribution in [0.4, 0.5) is 0 Å². The second kappa shape index (κ2) is 6.71. The lowest BCUT2D eigenvalue weighted by Gasteiger charge is -2.12. The highest BCUT2D eigenvalue weighted by atomic mass is 16.1. The van der Waals surface area contributed by atoms with Crippen LogP contribution in [0.15, 0.2) is 83.7 Å². The first-order chi connectivity index (χ1) is 14.1. The van der Waals surface area contributed by atoms with E-state index in [0.29, 0.717) is 11.1 Å². The second-order valence-corrected chi connectivity index (χ2v) is 7.51. The fourth-order valence-electron chi connectivity index (χ4n) is 3.79. The zero-order chi connectivity index (χ0) is 20.0. The number of aryl methyl sites for hydroxylation is 2. The van der Waals surface area contributed by atoms with Crippen LogP contribution >= 0.6 is 0 Å². The molecule has 0 atom stereocenters. The third-order valence-electron chi connectivity index (χ3n) is 5.38. The molecule has 0 aliphatic heterocycles. The third kappa shape index (κ3) is 3.01. The SMILES string of the molecule is Cc1ccc(-c2cc3c(c(-c4ccc(C)cc4)n2)c(=O)[nH]c2ccccc23)cc1. The molecule has 3 aromatic carbocycles. The Balaban J connectivity index is 1.92. The van der Waals surface area contributed by atoms with Crippen molar-refractivity contribution in [3.63, 3.8) is 0 Å². The lowest BCUT2D eigenvalue weighted by molar-refractivity contribution is 1.30. The molecule has 140 valence electrons. The number of hydrogen-bond donors (Lipinski definition) is 1. The highest BCUT2D eigenvalue weighted by Gasteiger charge is 2.15. The summed E-state index contributed by atoms with van der Waals surface area (Å²) >= 11 is 0. The van der Waals surface area contributed by atoms with Crippen LogP contribution in [0.2, 0.25) is 0 Å². The maximum absolute atomic E-state index is 13.1. The summed E-state index contributed by atoms with van der Waals surface area (Å²) in [4.78, 5) is 21.0. The van der Waals surface area contributed by atoms with Crippen LogP contribution in [0.3, 0.4) is 0 Å². The van der Waals surface area contributed by atoms with E-state index in [0.717, 1.165) is 33.1 Å². The first-order valence-electron chi connectivity index (χ1n) is 9.70. The quantitative estimate of drug-likeness (QED) is 0.383. The molecule has 0 fully saturated rings. The molecule has 2 heterocycles. The summed E-state index contributed by atoms with van der Waals surface area (Å²) in [7, 11) is 0. The molecule has 0 bridgehead atoms. The Morgan fingerprint density at radius 3 is 2.03 bits per heavy atom. The monoisotopic (exact) mass is 376 g/mol. The fraction of sp³-hybridized carbons (Fsp3) is 0.0769. The first kappa shape index (κ1) is 17.4. The third-order valence-corrected chi connectivity index (χ3v) is 5.38. The second-order valence-electron chi connectivity index (χ2n) is 7.51. The van der Waals surface area contributed by atoms with Crippen molar-refractivity contribution in [1.29, 1.82) is 0 Å². The van der Waals surface area contributed by atoms with E-state index >= 15 is 0 Å². The summed E-state index contributed by atoms with van der Waals surface area (Å²) in [6, 6.07) is 26.5. The molecule has 0 aliphatic carbocycles. The minimum absolute atomic E-state index is 0.114. The molecular weight excluding hydrogens is 356 g/mol. The Labute approximate surface area is 168 Å². The van der Waals surface area contributed by atoms with E-state index < -0.39 is 0 Å². The highest BCUT2D eigenvalue weighted by molar-refractivity contribution is 6.10. The van der Waals surface area contributed by atoms with Crippen molar-refractivity contribution < 1.29 is 0 Å². The highest BCUT2D eigenvalue weighted by Crippen LogP contribution is 2.32. The Morgan fingerprint density at radius 1 is 0.724 bits per heavy atom. The van der Waals surface area contributed by atoms with Crippen molar-refractivity contribution in [3.8, 4) is 22.5 Å². The Bertz CT molecular complexity index is 1410. The minimum Gasteiger partial charge on any atom is -0.321 e. The van der Waals surface area contributed by atoms with E-state index in [4.69, 9.17) is 4.98 Å². The average molecular weight is 376 g/mol. The predicted octanol–water partition coefficient (Wildman–Crippen LogP) is 6.03. The van der Waals surface area contributed by atoms with Crippen molar-refractivity contribution in [2.24, 2.45) is 0 Å². The van der Waals surface area contributed by atoms with Crippen LogP contribution in [0.1, 0.15) is 11.1 Å². The predicted molar refractivity (Wildman–Crippen MR) is 120 cm³/mol. The zero-order valence-corrected chi connectivity index (χ0v) is 16.4. The number of nitrogens with one attached hydrogen (secondary N) is 1. The summed E-state index contributed by atoms with van der Waals surface area (Å²) in [6.07, 6.45) is 0. The number of nitrogens with zero attached hydrogens (tertiary/aromatic N) is 1. The van der Waals surface area contributed by atoms with Crippen molar-refractivity contribution >= 4 is 21.7 Å². The number of hydrogen-bond acceptors (Lipinski definition) is 2. The van der Waals surface area contributed by atoms with E-state index in [1.807, 2.05) is 42.5 Å². The van der Waals surface area contributed by atoms with E-state index in [1.54, 1.807) is 0 Å². The van der Waals surface area contributed by atoms with Crippen LogP contribution < -0.4 is 5.56 Å². The number of H-pyrrole nitrogens is 1. The van der Waals surface area contributed by atoms with Crippen molar-refractivity contribution in [2.45, 2.75) is 13.8 Å². The Morgan fingerprint density at radius 2 is 1.34 bits per heavy atom. The van der Waals surface area contributed by atoms with Crippen LogP contribution in [-0.4, -0.2) is 9.97 Å². The lowest BCUT2D eigenvalue weighted by Crippen LogP contribution is -2.09. The van der Waals surface area contributed by atoms with Crippen molar-refractivity contribution in [2.75, 3.05) is 0 Å². The number of fused-ring (bicyclic) bond motifs is 3. The van der Waals surface area contributed by atoms with E-state index in [-0.39, 0.29) is 5.56 Å². The van der Waals surface area contributed by atoms with Gasteiger partial charge in [-0.2, -0.15) is 0 Å². The maximum atomic E-state index is 13.1. The number of aromatic nitrogens is 2. The molecule has 2 aromatic heterocycles. The smallest absolute Gasteiger partial charge is 0.258 e.